The number of nitrogens with one attached hydrogen (secondary N) is 3. The van der Waals surface area contributed by atoms with E-state index in [-0.39, 0.29) is 65.2 Å². The Balaban J connectivity index is 1.37. The number of fused-ring (bicyclic) bond motifs is 4. The average molecular weight is 722 g/mol. The van der Waals surface area contributed by atoms with E-state index in [0.717, 1.165) is 5.56 Å². The van der Waals surface area contributed by atoms with Gasteiger partial charge in [-0.2, -0.15) is 0 Å². The largest absolute Gasteiger partial charge is 0.351 e. The summed E-state index contributed by atoms with van der Waals surface area (Å²) >= 11 is 2.65. The van der Waals surface area contributed by atoms with Gasteiger partial charge in [-0.15, -0.1) is 22.7 Å². The van der Waals surface area contributed by atoms with Crippen molar-refractivity contribution >= 4 is 52.2 Å². The van der Waals surface area contributed by atoms with Crippen LogP contribution in [0.3, 0.4) is 0 Å². The summed E-state index contributed by atoms with van der Waals surface area (Å²) in [4.78, 5) is 78.4. The van der Waals surface area contributed by atoms with Gasteiger partial charge in [-0.25, -0.2) is 9.97 Å². The first-order chi connectivity index (χ1) is 24.1. The molecule has 1 fully saturated rings. The summed E-state index contributed by atoms with van der Waals surface area (Å²) in [5, 5.41) is 13.8. The average Bonchev–Trinajstić information content (AvgIpc) is 3.80. The van der Waals surface area contributed by atoms with Crippen LogP contribution in [0.15, 0.2) is 41.1 Å². The molecular weight excluding hydrogens is 675 g/mol. The fourth-order valence-corrected chi connectivity index (χ4v) is 8.08. The maximum atomic E-state index is 13.7. The molecule has 4 heterocycles. The van der Waals surface area contributed by atoms with Crippen LogP contribution in [0, 0.1) is 11.8 Å². The van der Waals surface area contributed by atoms with E-state index in [2.05, 4.69) is 39.8 Å². The van der Waals surface area contributed by atoms with Gasteiger partial charge in [-0.05, 0) is 50.0 Å². The molecule has 2 aromatic heterocycles. The predicted molar refractivity (Wildman–Crippen MR) is 193 cm³/mol. The lowest BCUT2D eigenvalue weighted by Crippen LogP contribution is -2.45. The molecule has 2 aliphatic rings. The Morgan fingerprint density at radius 2 is 1.48 bits per heavy atom. The highest BCUT2D eigenvalue weighted by Gasteiger charge is 2.30. The van der Waals surface area contributed by atoms with E-state index in [1.165, 1.54) is 22.7 Å². The molecule has 0 aliphatic carbocycles. The maximum Gasteiger partial charge on any atom is 0.271 e. The summed E-state index contributed by atoms with van der Waals surface area (Å²) in [5.41, 5.74) is 1.53. The van der Waals surface area contributed by atoms with Crippen LogP contribution < -0.4 is 16.0 Å². The Kier molecular flexibility index (Phi) is 13.1. The first-order valence-corrected chi connectivity index (χ1v) is 19.2. The fourth-order valence-electron chi connectivity index (χ4n) is 6.37. The molecule has 0 radical (unpaired) electrons. The number of rotatable bonds is 5. The van der Waals surface area contributed by atoms with Gasteiger partial charge in [0.25, 0.3) is 11.8 Å². The molecule has 2 aliphatic heterocycles. The predicted octanol–water partition coefficient (Wildman–Crippen LogP) is 4.52. The van der Waals surface area contributed by atoms with Crippen molar-refractivity contribution in [1.82, 2.24) is 35.7 Å². The van der Waals surface area contributed by atoms with Crippen LogP contribution in [-0.4, -0.2) is 82.0 Å². The number of carbonyl (C=O) groups is 5. The second-order valence-corrected chi connectivity index (χ2v) is 15.2. The molecule has 268 valence electrons. The van der Waals surface area contributed by atoms with E-state index in [1.54, 1.807) is 27.5 Å². The minimum atomic E-state index is -0.497. The van der Waals surface area contributed by atoms with Crippen molar-refractivity contribution in [3.05, 3.63) is 68.1 Å². The Hall–Kier alpha value is -4.17. The van der Waals surface area contributed by atoms with E-state index in [9.17, 15) is 24.0 Å². The Bertz CT molecular complexity index is 1630. The second-order valence-electron chi connectivity index (χ2n) is 13.4. The van der Waals surface area contributed by atoms with Crippen LogP contribution >= 0.6 is 22.7 Å². The van der Waals surface area contributed by atoms with Crippen LogP contribution in [0.2, 0.25) is 0 Å². The van der Waals surface area contributed by atoms with Gasteiger partial charge in [0.05, 0.1) is 12.1 Å². The van der Waals surface area contributed by atoms with Crippen LogP contribution in [0.1, 0.15) is 108 Å². The molecule has 1 aromatic carbocycles. The molecule has 5 rings (SSSR count). The van der Waals surface area contributed by atoms with Crippen LogP contribution in [0.5, 0.6) is 0 Å². The maximum absolute atomic E-state index is 13.7. The minimum Gasteiger partial charge on any atom is -0.351 e. The van der Waals surface area contributed by atoms with Gasteiger partial charge in [0, 0.05) is 62.7 Å². The van der Waals surface area contributed by atoms with Crippen molar-refractivity contribution in [3.8, 4) is 0 Å². The summed E-state index contributed by atoms with van der Waals surface area (Å²) in [5.74, 6) is -0.698. The SMILES string of the molecule is CC(=O)N1CCC(C(=O)N2CCCNC(=O)c3csc(n3)[C@H](Cc3ccccc3)NC(=O)c3csc(n3)[C@H](CC(C)C)NC(=O)CCC2)CC1. The van der Waals surface area contributed by atoms with Gasteiger partial charge in [-0.1, -0.05) is 44.2 Å². The van der Waals surface area contributed by atoms with E-state index in [4.69, 9.17) is 0 Å². The normalized spacial score (nSPS) is 20.4. The number of benzene rings is 1. The molecule has 4 bridgehead atoms. The lowest BCUT2D eigenvalue weighted by molar-refractivity contribution is -0.140. The Morgan fingerprint density at radius 1 is 0.840 bits per heavy atom. The molecule has 0 saturated carbocycles. The molecule has 50 heavy (non-hydrogen) atoms. The van der Waals surface area contributed by atoms with E-state index >= 15 is 0 Å². The summed E-state index contributed by atoms with van der Waals surface area (Å²) in [6.45, 7) is 7.98. The number of hydrogen-bond donors (Lipinski definition) is 3. The van der Waals surface area contributed by atoms with Gasteiger partial charge in [0.15, 0.2) is 0 Å². The van der Waals surface area contributed by atoms with Crippen LogP contribution in [0.4, 0.5) is 0 Å². The first-order valence-electron chi connectivity index (χ1n) is 17.4. The smallest absolute Gasteiger partial charge is 0.271 e. The number of aromatic nitrogens is 2. The highest BCUT2D eigenvalue weighted by Crippen LogP contribution is 2.27. The minimum absolute atomic E-state index is 0.0164. The lowest BCUT2D eigenvalue weighted by Gasteiger charge is -2.34. The van der Waals surface area contributed by atoms with E-state index < -0.39 is 6.04 Å². The molecule has 14 heteroatoms. The number of piperidine rings is 1. The molecule has 5 amide bonds. The summed E-state index contributed by atoms with van der Waals surface area (Å²) < 4.78 is 0. The van der Waals surface area contributed by atoms with Crippen molar-refractivity contribution in [1.29, 1.82) is 0 Å². The number of thiazole rings is 2. The third-order valence-corrected chi connectivity index (χ3v) is 11.0. The van der Waals surface area contributed by atoms with Gasteiger partial charge in [-0.3, -0.25) is 24.0 Å². The molecular formula is C36H47N7O5S2. The van der Waals surface area contributed by atoms with Crippen molar-refractivity contribution < 1.29 is 24.0 Å². The molecule has 3 N–H and O–H groups in total. The molecule has 0 unspecified atom stereocenters. The number of carbonyl (C=O) groups excluding carboxylic acids is 5. The Labute approximate surface area is 301 Å². The monoisotopic (exact) mass is 721 g/mol. The molecule has 3 aromatic rings. The second kappa shape index (κ2) is 17.7. The lowest BCUT2D eigenvalue weighted by atomic mass is 9.95. The fraction of sp³-hybridized carbons (Fsp3) is 0.528. The number of nitrogens with zero attached hydrogens (tertiary/aromatic N) is 4. The number of hydrogen-bond acceptors (Lipinski definition) is 9. The van der Waals surface area contributed by atoms with Crippen LogP contribution in [0.25, 0.3) is 0 Å². The molecule has 2 atom stereocenters. The van der Waals surface area contributed by atoms with Crippen molar-refractivity contribution in [3.63, 3.8) is 0 Å². The highest BCUT2D eigenvalue weighted by atomic mass is 32.1. The van der Waals surface area contributed by atoms with Crippen molar-refractivity contribution in [2.45, 2.75) is 77.8 Å². The molecule has 1 saturated heterocycles. The third kappa shape index (κ3) is 10.2. The summed E-state index contributed by atoms with van der Waals surface area (Å²) in [7, 11) is 0. The van der Waals surface area contributed by atoms with E-state index in [0.29, 0.717) is 81.3 Å². The standard InChI is InChI=1S/C36H47N7O5S2/c1-23(2)19-27-34-41-30(22-50-34)33(47)39-28(20-25-9-5-4-6-10-25)35-40-29(21-49-35)32(46)37-14-8-16-43(15-7-11-31(45)38-27)36(48)26-12-17-42(18-13-26)24(3)44/h4-6,9-10,21-23,26-28H,7-8,11-20H2,1-3H3,(H,37,46)(H,38,45)(H,39,47)/t27-,28-/m0/s1. The Morgan fingerprint density at radius 3 is 2.14 bits per heavy atom. The topological polar surface area (TPSA) is 154 Å². The van der Waals surface area contributed by atoms with Crippen molar-refractivity contribution in [2.24, 2.45) is 11.8 Å². The zero-order chi connectivity index (χ0) is 35.6. The van der Waals surface area contributed by atoms with Crippen LogP contribution in [-0.2, 0) is 20.8 Å². The van der Waals surface area contributed by atoms with Gasteiger partial charge in [0.2, 0.25) is 17.7 Å². The summed E-state index contributed by atoms with van der Waals surface area (Å²) in [6, 6.07) is 8.92. The highest BCUT2D eigenvalue weighted by molar-refractivity contribution is 7.10. The number of likely N-dealkylation sites (tertiary alicyclic amines) is 1. The van der Waals surface area contributed by atoms with Gasteiger partial charge >= 0.3 is 0 Å². The molecule has 12 nitrogen and oxygen atoms in total. The summed E-state index contributed by atoms with van der Waals surface area (Å²) in [6.07, 6.45) is 3.57. The van der Waals surface area contributed by atoms with Gasteiger partial charge < -0.3 is 25.8 Å². The first kappa shape index (κ1) is 37.1. The zero-order valence-corrected chi connectivity index (χ0v) is 30.6. The van der Waals surface area contributed by atoms with E-state index in [1.807, 2.05) is 30.3 Å². The number of amides is 5. The van der Waals surface area contributed by atoms with Gasteiger partial charge in [0.1, 0.15) is 21.4 Å². The van der Waals surface area contributed by atoms with Crippen molar-refractivity contribution in [2.75, 3.05) is 32.7 Å². The zero-order valence-electron chi connectivity index (χ0n) is 29.0. The molecule has 0 spiro atoms. The quantitative estimate of drug-likeness (QED) is 0.350. The third-order valence-electron chi connectivity index (χ3n) is 9.06.